The molecule has 5 N–H and O–H groups in total. The van der Waals surface area contributed by atoms with Gasteiger partial charge in [0.2, 0.25) is 5.75 Å². The molecule has 0 saturated carbocycles. The van der Waals surface area contributed by atoms with Gasteiger partial charge in [-0.05, 0) is 35.9 Å². The Morgan fingerprint density at radius 2 is 1.46 bits per heavy atom. The van der Waals surface area contributed by atoms with E-state index in [1.807, 2.05) is 0 Å². The van der Waals surface area contributed by atoms with Crippen LogP contribution in [0.15, 0.2) is 39.5 Å². The third-order valence-corrected chi connectivity index (χ3v) is 3.40. The van der Waals surface area contributed by atoms with Crippen LogP contribution >= 0.6 is 0 Å². The molecule has 0 fully saturated rings. The lowest BCUT2D eigenvalue weighted by Crippen LogP contribution is -2.00. The molecule has 0 amide bonds. The Kier molecular flexibility index (Phi) is 3.53. The predicted octanol–water partition coefficient (Wildman–Crippen LogP) is 2.49. The maximum absolute atomic E-state index is 12.0. The van der Waals surface area contributed by atoms with Crippen LogP contribution in [0.25, 0.3) is 23.1 Å². The smallest absolute Gasteiger partial charge is 0.201 e. The summed E-state index contributed by atoms with van der Waals surface area (Å²) in [4.78, 5) is 12.0. The molecule has 0 bridgehead atoms. The number of benzene rings is 2. The van der Waals surface area contributed by atoms with Crippen LogP contribution in [0.1, 0.15) is 11.3 Å². The zero-order valence-corrected chi connectivity index (χ0v) is 12.1. The van der Waals surface area contributed by atoms with Gasteiger partial charge in [0.25, 0.3) is 0 Å². The van der Waals surface area contributed by atoms with Crippen molar-refractivity contribution in [2.75, 3.05) is 0 Å². The number of hydrogen-bond acceptors (Lipinski definition) is 7. The van der Waals surface area contributed by atoms with E-state index in [1.165, 1.54) is 42.5 Å². The molecule has 0 aliphatic heterocycles. The van der Waals surface area contributed by atoms with Gasteiger partial charge in [-0.25, -0.2) is 0 Å². The Labute approximate surface area is 134 Å². The topological polar surface area (TPSA) is 131 Å². The third-order valence-electron chi connectivity index (χ3n) is 3.40. The van der Waals surface area contributed by atoms with Crippen molar-refractivity contribution in [3.05, 3.63) is 51.9 Å². The quantitative estimate of drug-likeness (QED) is 0.457. The first-order valence-corrected chi connectivity index (χ1v) is 6.78. The van der Waals surface area contributed by atoms with Crippen LogP contribution in [-0.2, 0) is 0 Å². The van der Waals surface area contributed by atoms with Gasteiger partial charge in [-0.1, -0.05) is 6.08 Å². The van der Waals surface area contributed by atoms with E-state index in [0.29, 0.717) is 5.56 Å². The first kappa shape index (κ1) is 15.3. The molecule has 0 atom stereocenters. The largest absolute Gasteiger partial charge is 0.504 e. The fraction of sp³-hybridized carbons (Fsp3) is 0. The minimum Gasteiger partial charge on any atom is -0.504 e. The van der Waals surface area contributed by atoms with Crippen molar-refractivity contribution in [3.8, 4) is 28.7 Å². The number of phenols is 5. The van der Waals surface area contributed by atoms with Crippen molar-refractivity contribution in [1.82, 2.24) is 0 Å². The summed E-state index contributed by atoms with van der Waals surface area (Å²) in [5, 5.41) is 47.6. The molecule has 122 valence electrons. The van der Waals surface area contributed by atoms with Crippen LogP contribution in [0.2, 0.25) is 0 Å². The molecular formula is C17H12O7. The summed E-state index contributed by atoms with van der Waals surface area (Å²) < 4.78 is 5.39. The average Bonchev–Trinajstić information content (AvgIpc) is 2.54. The van der Waals surface area contributed by atoms with Gasteiger partial charge in [0.15, 0.2) is 34.0 Å². The number of hydrogen-bond donors (Lipinski definition) is 5. The summed E-state index contributed by atoms with van der Waals surface area (Å²) in [6, 6.07) is 6.11. The van der Waals surface area contributed by atoms with Crippen LogP contribution in [0.5, 0.6) is 28.7 Å². The normalized spacial score (nSPS) is 11.3. The zero-order valence-electron chi connectivity index (χ0n) is 12.1. The van der Waals surface area contributed by atoms with Crippen molar-refractivity contribution in [2.45, 2.75) is 0 Å². The summed E-state index contributed by atoms with van der Waals surface area (Å²) >= 11 is 0. The molecule has 24 heavy (non-hydrogen) atoms. The lowest BCUT2D eigenvalue weighted by molar-refractivity contribution is 0.368. The first-order valence-electron chi connectivity index (χ1n) is 6.78. The third kappa shape index (κ3) is 2.58. The number of phenolic OH excluding ortho intramolecular Hbond substituents is 5. The van der Waals surface area contributed by atoms with E-state index in [2.05, 4.69) is 0 Å². The number of aromatic hydroxyl groups is 5. The van der Waals surface area contributed by atoms with E-state index >= 15 is 0 Å². The molecule has 3 aromatic rings. The van der Waals surface area contributed by atoms with E-state index in [9.17, 15) is 30.3 Å². The van der Waals surface area contributed by atoms with Crippen LogP contribution in [-0.4, -0.2) is 25.5 Å². The van der Waals surface area contributed by atoms with Crippen molar-refractivity contribution in [2.24, 2.45) is 0 Å². The summed E-state index contributed by atoms with van der Waals surface area (Å²) in [5.74, 6) is -2.51. The van der Waals surface area contributed by atoms with Gasteiger partial charge in [0.05, 0.1) is 5.39 Å². The Morgan fingerprint density at radius 3 is 2.12 bits per heavy atom. The van der Waals surface area contributed by atoms with Gasteiger partial charge in [-0.2, -0.15) is 0 Å². The molecule has 1 heterocycles. The maximum atomic E-state index is 12.0. The lowest BCUT2D eigenvalue weighted by atomic mass is 10.1. The second-order valence-corrected chi connectivity index (χ2v) is 5.06. The van der Waals surface area contributed by atoms with Gasteiger partial charge < -0.3 is 29.9 Å². The summed E-state index contributed by atoms with van der Waals surface area (Å²) in [7, 11) is 0. The number of rotatable bonds is 2. The van der Waals surface area contributed by atoms with Crippen molar-refractivity contribution >= 4 is 23.1 Å². The Balaban J connectivity index is 2.07. The second-order valence-electron chi connectivity index (χ2n) is 5.06. The maximum Gasteiger partial charge on any atom is 0.201 e. The zero-order chi connectivity index (χ0) is 17.4. The molecular weight excluding hydrogens is 316 g/mol. The highest BCUT2D eigenvalue weighted by molar-refractivity contribution is 5.85. The van der Waals surface area contributed by atoms with E-state index in [4.69, 9.17) is 4.42 Å². The average molecular weight is 328 g/mol. The minimum atomic E-state index is -0.634. The molecule has 0 saturated heterocycles. The van der Waals surface area contributed by atoms with E-state index in [-0.39, 0.29) is 16.7 Å². The SMILES string of the molecule is O=c1cc(/C=C/c2cc(O)c(O)c(O)c2)oc2c(O)c(O)ccc12. The van der Waals surface area contributed by atoms with Gasteiger partial charge in [0, 0.05) is 6.07 Å². The van der Waals surface area contributed by atoms with Gasteiger partial charge in [0.1, 0.15) is 5.76 Å². The monoisotopic (exact) mass is 328 g/mol. The molecule has 0 spiro atoms. The van der Waals surface area contributed by atoms with Crippen LogP contribution in [0, 0.1) is 0 Å². The Bertz CT molecular complexity index is 1010. The molecule has 2 aromatic carbocycles. The lowest BCUT2D eigenvalue weighted by Gasteiger charge is -2.04. The molecule has 0 aliphatic carbocycles. The Morgan fingerprint density at radius 1 is 0.792 bits per heavy atom. The molecule has 7 heteroatoms. The summed E-state index contributed by atoms with van der Waals surface area (Å²) in [5.41, 5.74) is -0.230. The van der Waals surface area contributed by atoms with Gasteiger partial charge in [-0.3, -0.25) is 4.79 Å². The summed E-state index contributed by atoms with van der Waals surface area (Å²) in [6.45, 7) is 0. The Hall–Kier alpha value is -3.61. The molecule has 0 radical (unpaired) electrons. The minimum absolute atomic E-state index is 0.0838. The molecule has 3 rings (SSSR count). The predicted molar refractivity (Wildman–Crippen MR) is 86.2 cm³/mol. The van der Waals surface area contributed by atoms with E-state index in [1.54, 1.807) is 0 Å². The van der Waals surface area contributed by atoms with Crippen LogP contribution in [0.3, 0.4) is 0 Å². The highest BCUT2D eigenvalue weighted by Gasteiger charge is 2.11. The van der Waals surface area contributed by atoms with Crippen molar-refractivity contribution < 1.29 is 29.9 Å². The van der Waals surface area contributed by atoms with E-state index < -0.39 is 34.2 Å². The van der Waals surface area contributed by atoms with Crippen molar-refractivity contribution in [3.63, 3.8) is 0 Å². The highest BCUT2D eigenvalue weighted by Crippen LogP contribution is 2.36. The van der Waals surface area contributed by atoms with Gasteiger partial charge >= 0.3 is 0 Å². The summed E-state index contributed by atoms with van der Waals surface area (Å²) in [6.07, 6.45) is 2.79. The standard InChI is InChI=1S/C17H12O7/c18-11-4-3-10-12(19)7-9(24-17(10)16(11)23)2-1-8-5-13(20)15(22)14(21)6-8/h1-7,18,20-23H/b2-1+. The fourth-order valence-electron chi connectivity index (χ4n) is 2.19. The van der Waals surface area contributed by atoms with Crippen LogP contribution in [0.4, 0.5) is 0 Å². The number of fused-ring (bicyclic) bond motifs is 1. The van der Waals surface area contributed by atoms with Gasteiger partial charge in [-0.15, -0.1) is 0 Å². The van der Waals surface area contributed by atoms with Crippen molar-refractivity contribution in [1.29, 1.82) is 0 Å². The molecule has 0 aliphatic rings. The molecule has 1 aromatic heterocycles. The first-order chi connectivity index (χ1) is 11.4. The van der Waals surface area contributed by atoms with E-state index in [0.717, 1.165) is 0 Å². The molecule has 0 unspecified atom stereocenters. The second kappa shape index (κ2) is 5.54. The van der Waals surface area contributed by atoms with Crippen LogP contribution < -0.4 is 5.43 Å². The fourth-order valence-corrected chi connectivity index (χ4v) is 2.19. The molecule has 7 nitrogen and oxygen atoms in total. The highest BCUT2D eigenvalue weighted by atomic mass is 16.4.